The van der Waals surface area contributed by atoms with E-state index in [0.717, 1.165) is 18.2 Å². The molecule has 1 N–H and O–H groups in total. The predicted octanol–water partition coefficient (Wildman–Crippen LogP) is 4.50. The number of hydrogen-bond donors (Lipinski definition) is 1. The molecule has 0 aliphatic heterocycles. The molecule has 0 saturated heterocycles. The van der Waals surface area contributed by atoms with Crippen molar-refractivity contribution in [3.63, 3.8) is 0 Å². The molecule has 1 aromatic rings. The van der Waals surface area contributed by atoms with Gasteiger partial charge in [-0.2, -0.15) is 0 Å². The van der Waals surface area contributed by atoms with Crippen LogP contribution in [0.4, 0.5) is 0 Å². The summed E-state index contributed by atoms with van der Waals surface area (Å²) in [6.07, 6.45) is 9.67. The summed E-state index contributed by atoms with van der Waals surface area (Å²) >= 11 is 0. The summed E-state index contributed by atoms with van der Waals surface area (Å²) in [5.41, 5.74) is 1.50. The first kappa shape index (κ1) is 14.9. The van der Waals surface area contributed by atoms with Crippen LogP contribution in [0.5, 0.6) is 5.75 Å². The Kier molecular flexibility index (Phi) is 5.18. The van der Waals surface area contributed by atoms with E-state index in [9.17, 15) is 0 Å². The van der Waals surface area contributed by atoms with E-state index in [1.807, 2.05) is 0 Å². The highest BCUT2D eigenvalue weighted by atomic mass is 16.5. The molecule has 2 fully saturated rings. The van der Waals surface area contributed by atoms with Gasteiger partial charge >= 0.3 is 0 Å². The Morgan fingerprint density at radius 1 is 1.14 bits per heavy atom. The predicted molar refractivity (Wildman–Crippen MR) is 88.0 cm³/mol. The second kappa shape index (κ2) is 7.31. The van der Waals surface area contributed by atoms with Crippen molar-refractivity contribution in [3.8, 4) is 5.75 Å². The van der Waals surface area contributed by atoms with Gasteiger partial charge in [-0.1, -0.05) is 31.9 Å². The highest BCUT2D eigenvalue weighted by Gasteiger charge is 2.27. The molecule has 1 aromatic carbocycles. The molecule has 0 bridgehead atoms. The lowest BCUT2D eigenvalue weighted by atomic mass is 9.75. The minimum absolute atomic E-state index is 0.494. The molecule has 0 radical (unpaired) electrons. The van der Waals surface area contributed by atoms with Crippen molar-refractivity contribution in [2.75, 3.05) is 13.1 Å². The Morgan fingerprint density at radius 2 is 2.00 bits per heavy atom. The smallest absolute Gasteiger partial charge is 0.120 e. The van der Waals surface area contributed by atoms with Crippen LogP contribution in [-0.2, 0) is 0 Å². The number of rotatable bonds is 7. The minimum Gasteiger partial charge on any atom is -0.490 e. The molecule has 2 aliphatic carbocycles. The molecule has 2 nitrogen and oxygen atoms in total. The van der Waals surface area contributed by atoms with Gasteiger partial charge in [-0.15, -0.1) is 0 Å². The van der Waals surface area contributed by atoms with Crippen LogP contribution in [0.15, 0.2) is 24.3 Å². The van der Waals surface area contributed by atoms with E-state index >= 15 is 0 Å². The maximum atomic E-state index is 5.97. The Bertz CT molecular complexity index is 441. The molecule has 0 spiro atoms. The van der Waals surface area contributed by atoms with E-state index in [1.165, 1.54) is 57.1 Å². The van der Waals surface area contributed by atoms with Gasteiger partial charge in [0.05, 0.1) is 6.10 Å². The van der Waals surface area contributed by atoms with Crippen LogP contribution < -0.4 is 10.1 Å². The fourth-order valence-electron chi connectivity index (χ4n) is 3.55. The second-order valence-corrected chi connectivity index (χ2v) is 6.74. The largest absolute Gasteiger partial charge is 0.490 e. The normalized spacial score (nSPS) is 25.8. The molecule has 3 rings (SSSR count). The minimum atomic E-state index is 0.494. The van der Waals surface area contributed by atoms with Gasteiger partial charge in [-0.25, -0.2) is 0 Å². The summed E-state index contributed by atoms with van der Waals surface area (Å²) < 4.78 is 5.97. The van der Waals surface area contributed by atoms with Crippen LogP contribution in [0, 0.1) is 5.92 Å². The Hall–Kier alpha value is -1.02. The first-order valence-corrected chi connectivity index (χ1v) is 8.84. The van der Waals surface area contributed by atoms with Crippen molar-refractivity contribution in [1.29, 1.82) is 0 Å². The highest BCUT2D eigenvalue weighted by Crippen LogP contribution is 2.39. The average Bonchev–Trinajstić information content (AvgIpc) is 3.32. The van der Waals surface area contributed by atoms with E-state index in [1.54, 1.807) is 0 Å². The average molecular weight is 287 g/mol. The van der Waals surface area contributed by atoms with Gasteiger partial charge in [-0.3, -0.25) is 0 Å². The fraction of sp³-hybridized carbons (Fsp3) is 0.684. The third kappa shape index (κ3) is 4.23. The zero-order valence-electron chi connectivity index (χ0n) is 13.3. The summed E-state index contributed by atoms with van der Waals surface area (Å²) in [4.78, 5) is 0. The van der Waals surface area contributed by atoms with Crippen LogP contribution in [0.1, 0.15) is 63.4 Å². The summed E-state index contributed by atoms with van der Waals surface area (Å²) in [7, 11) is 0. The third-order valence-electron chi connectivity index (χ3n) is 4.86. The van der Waals surface area contributed by atoms with Gasteiger partial charge in [0.25, 0.3) is 0 Å². The third-order valence-corrected chi connectivity index (χ3v) is 4.86. The van der Waals surface area contributed by atoms with E-state index in [2.05, 4.69) is 36.5 Å². The molecule has 0 amide bonds. The lowest BCUT2D eigenvalue weighted by molar-refractivity contribution is 0.289. The van der Waals surface area contributed by atoms with Crippen molar-refractivity contribution in [2.45, 2.75) is 63.9 Å². The van der Waals surface area contributed by atoms with Crippen LogP contribution in [0.2, 0.25) is 0 Å². The summed E-state index contributed by atoms with van der Waals surface area (Å²) in [6, 6.07) is 8.91. The summed E-state index contributed by atoms with van der Waals surface area (Å²) in [5, 5.41) is 3.63. The lowest BCUT2D eigenvalue weighted by Gasteiger charge is -2.32. The Morgan fingerprint density at radius 3 is 2.81 bits per heavy atom. The van der Waals surface area contributed by atoms with Crippen molar-refractivity contribution in [2.24, 2.45) is 5.92 Å². The number of hydrogen-bond acceptors (Lipinski definition) is 2. The molecule has 116 valence electrons. The van der Waals surface area contributed by atoms with Crippen molar-refractivity contribution < 1.29 is 4.74 Å². The quantitative estimate of drug-likeness (QED) is 0.745. The van der Waals surface area contributed by atoms with E-state index in [0.29, 0.717) is 12.0 Å². The van der Waals surface area contributed by atoms with Gasteiger partial charge in [0, 0.05) is 0 Å². The second-order valence-electron chi connectivity index (χ2n) is 6.74. The summed E-state index contributed by atoms with van der Waals surface area (Å²) in [6.45, 7) is 4.56. The topological polar surface area (TPSA) is 21.3 Å². The van der Waals surface area contributed by atoms with Gasteiger partial charge < -0.3 is 10.1 Å². The standard InChI is InChI=1S/C19H29NO/c1-2-12-20-14-16-6-3-4-9-19(16)15-7-5-8-18(13-15)21-17-10-11-17/h5,7-8,13,16-17,19-20H,2-4,6,9-12,14H2,1H3. The molecule has 2 unspecified atom stereocenters. The SMILES string of the molecule is CCCNCC1CCCCC1c1cccc(OC2CC2)c1. The molecule has 0 heterocycles. The maximum absolute atomic E-state index is 5.97. The van der Waals surface area contributed by atoms with Crippen molar-refractivity contribution in [3.05, 3.63) is 29.8 Å². The zero-order chi connectivity index (χ0) is 14.5. The molecule has 2 atom stereocenters. The molecule has 21 heavy (non-hydrogen) atoms. The maximum Gasteiger partial charge on any atom is 0.120 e. The number of ether oxygens (including phenoxy) is 1. The number of benzene rings is 1. The monoisotopic (exact) mass is 287 g/mol. The van der Waals surface area contributed by atoms with Gasteiger partial charge in [0.1, 0.15) is 5.75 Å². The van der Waals surface area contributed by atoms with E-state index in [4.69, 9.17) is 4.74 Å². The highest BCUT2D eigenvalue weighted by molar-refractivity contribution is 5.32. The lowest BCUT2D eigenvalue weighted by Crippen LogP contribution is -2.30. The van der Waals surface area contributed by atoms with Crippen LogP contribution in [0.25, 0.3) is 0 Å². The van der Waals surface area contributed by atoms with Gasteiger partial charge in [0.2, 0.25) is 0 Å². The molecule has 2 heteroatoms. The first-order valence-electron chi connectivity index (χ1n) is 8.84. The summed E-state index contributed by atoms with van der Waals surface area (Å²) in [5.74, 6) is 2.59. The molecular weight excluding hydrogens is 258 g/mol. The van der Waals surface area contributed by atoms with Gasteiger partial charge in [0.15, 0.2) is 0 Å². The Balaban J connectivity index is 1.66. The van der Waals surface area contributed by atoms with E-state index in [-0.39, 0.29) is 0 Å². The molecular formula is C19H29NO. The van der Waals surface area contributed by atoms with Crippen molar-refractivity contribution >= 4 is 0 Å². The van der Waals surface area contributed by atoms with Gasteiger partial charge in [-0.05, 0) is 74.7 Å². The van der Waals surface area contributed by atoms with Crippen molar-refractivity contribution in [1.82, 2.24) is 5.32 Å². The first-order chi connectivity index (χ1) is 10.4. The van der Waals surface area contributed by atoms with E-state index < -0.39 is 0 Å². The number of nitrogens with one attached hydrogen (secondary N) is 1. The van der Waals surface area contributed by atoms with Crippen LogP contribution >= 0.6 is 0 Å². The van der Waals surface area contributed by atoms with Crippen LogP contribution in [-0.4, -0.2) is 19.2 Å². The molecule has 2 saturated carbocycles. The van der Waals surface area contributed by atoms with Crippen LogP contribution in [0.3, 0.4) is 0 Å². The fourth-order valence-corrected chi connectivity index (χ4v) is 3.55. The Labute approximate surface area is 129 Å². The molecule has 2 aliphatic rings. The zero-order valence-corrected chi connectivity index (χ0v) is 13.3. The molecule has 0 aromatic heterocycles.